The van der Waals surface area contributed by atoms with Crippen LogP contribution < -0.4 is 15.9 Å². The molecule has 3 N–H and O–H groups in total. The van der Waals surface area contributed by atoms with E-state index in [1.165, 1.54) is 17.4 Å². The number of amides is 1. The fourth-order valence-corrected chi connectivity index (χ4v) is 5.14. The van der Waals surface area contributed by atoms with E-state index in [0.29, 0.717) is 42.0 Å². The lowest BCUT2D eigenvalue weighted by Gasteiger charge is -2.43. The summed E-state index contributed by atoms with van der Waals surface area (Å²) in [5.41, 5.74) is 12.5. The molecule has 2 heterocycles. The van der Waals surface area contributed by atoms with Gasteiger partial charge in [0, 0.05) is 30.0 Å². The molecular formula is C31H29N5O3. The van der Waals surface area contributed by atoms with Crippen LogP contribution in [0.25, 0.3) is 0 Å². The number of allylic oxidation sites excluding steroid dienone is 3. The highest BCUT2D eigenvalue weighted by Crippen LogP contribution is 2.48. The largest absolute Gasteiger partial charge is 0.489 e. The summed E-state index contributed by atoms with van der Waals surface area (Å²) in [5, 5.41) is 11.6. The highest BCUT2D eigenvalue weighted by molar-refractivity contribution is 6.00. The number of nitrogens with two attached hydrogens (primary N) is 1. The van der Waals surface area contributed by atoms with Gasteiger partial charge in [0.1, 0.15) is 18.2 Å². The zero-order valence-corrected chi connectivity index (χ0v) is 21.8. The SMILES string of the molecule is CC1(C)CC(=O)C2=C(C1)N(NC(=O)c1ccncc1)C(N)=C(C#N)C2c1ccc(OCc2ccccc2)cc1. The Morgan fingerprint density at radius 1 is 1.10 bits per heavy atom. The number of hydrogen-bond acceptors (Lipinski definition) is 7. The van der Waals surface area contributed by atoms with Gasteiger partial charge in [0.05, 0.1) is 23.3 Å². The van der Waals surface area contributed by atoms with Crippen LogP contribution in [0.15, 0.2) is 102 Å². The zero-order valence-electron chi connectivity index (χ0n) is 21.8. The Hall–Kier alpha value is -4.90. The number of rotatable bonds is 6. The molecule has 8 heteroatoms. The maximum absolute atomic E-state index is 13.6. The Balaban J connectivity index is 1.50. The number of ketones is 1. The predicted molar refractivity (Wildman–Crippen MR) is 145 cm³/mol. The molecular weight excluding hydrogens is 490 g/mol. The Kier molecular flexibility index (Phi) is 6.90. The van der Waals surface area contributed by atoms with Crippen LogP contribution in [-0.2, 0) is 11.4 Å². The third-order valence-electron chi connectivity index (χ3n) is 7.00. The van der Waals surface area contributed by atoms with Crippen LogP contribution in [0.2, 0.25) is 0 Å². The van der Waals surface area contributed by atoms with Crippen LogP contribution in [0, 0.1) is 16.7 Å². The monoisotopic (exact) mass is 519 g/mol. The van der Waals surface area contributed by atoms with Crippen molar-refractivity contribution in [2.24, 2.45) is 11.1 Å². The Bertz CT molecular complexity index is 1500. The quantitative estimate of drug-likeness (QED) is 0.482. The van der Waals surface area contributed by atoms with E-state index in [1.54, 1.807) is 12.1 Å². The summed E-state index contributed by atoms with van der Waals surface area (Å²) in [6.07, 6.45) is 3.86. The smallest absolute Gasteiger partial charge is 0.270 e. The van der Waals surface area contributed by atoms with E-state index in [2.05, 4.69) is 16.5 Å². The van der Waals surface area contributed by atoms with E-state index < -0.39 is 11.8 Å². The Morgan fingerprint density at radius 3 is 2.46 bits per heavy atom. The van der Waals surface area contributed by atoms with E-state index >= 15 is 0 Å². The first-order valence-electron chi connectivity index (χ1n) is 12.7. The minimum Gasteiger partial charge on any atom is -0.489 e. The summed E-state index contributed by atoms with van der Waals surface area (Å²) in [7, 11) is 0. The summed E-state index contributed by atoms with van der Waals surface area (Å²) in [6.45, 7) is 4.44. The van der Waals surface area contributed by atoms with Crippen LogP contribution in [0.4, 0.5) is 0 Å². The summed E-state index contributed by atoms with van der Waals surface area (Å²) in [4.78, 5) is 30.6. The first-order chi connectivity index (χ1) is 18.8. The van der Waals surface area contributed by atoms with E-state index in [9.17, 15) is 14.9 Å². The van der Waals surface area contributed by atoms with Gasteiger partial charge in [-0.25, -0.2) is 5.01 Å². The number of benzene rings is 2. The van der Waals surface area contributed by atoms with Crippen molar-refractivity contribution in [1.29, 1.82) is 5.26 Å². The molecule has 0 radical (unpaired) electrons. The maximum Gasteiger partial charge on any atom is 0.270 e. The number of hydrazine groups is 1. The fraction of sp³-hybridized carbons (Fsp3) is 0.226. The number of nitriles is 1. The van der Waals surface area contributed by atoms with Crippen molar-refractivity contribution in [3.05, 3.63) is 118 Å². The highest BCUT2D eigenvalue weighted by atomic mass is 16.5. The normalized spacial score (nSPS) is 18.3. The number of hydrogen-bond donors (Lipinski definition) is 2. The molecule has 8 nitrogen and oxygen atoms in total. The van der Waals surface area contributed by atoms with Crippen molar-refractivity contribution in [3.8, 4) is 11.8 Å². The number of nitrogens with zero attached hydrogens (tertiary/aromatic N) is 3. The van der Waals surface area contributed by atoms with Crippen molar-refractivity contribution < 1.29 is 14.3 Å². The van der Waals surface area contributed by atoms with Gasteiger partial charge >= 0.3 is 0 Å². The molecule has 1 aliphatic heterocycles. The number of aromatic nitrogens is 1. The summed E-state index contributed by atoms with van der Waals surface area (Å²) >= 11 is 0. The van der Waals surface area contributed by atoms with Gasteiger partial charge in [0.2, 0.25) is 0 Å². The van der Waals surface area contributed by atoms with Gasteiger partial charge in [-0.2, -0.15) is 5.26 Å². The molecule has 3 aromatic rings. The number of pyridine rings is 1. The van der Waals surface area contributed by atoms with Crippen LogP contribution in [0.1, 0.15) is 54.1 Å². The standard InChI is InChI=1S/C31H29N5O3/c1-31(2)16-25-28(26(37)17-31)27(21-8-10-23(11-9-21)39-19-20-6-4-3-5-7-20)24(18-32)29(33)36(25)35-30(38)22-12-14-34-15-13-22/h3-15,27H,16-17,19,33H2,1-2H3,(H,35,38). The minimum absolute atomic E-state index is 0.0703. The lowest BCUT2D eigenvalue weighted by Crippen LogP contribution is -2.49. The van der Waals surface area contributed by atoms with E-state index in [-0.39, 0.29) is 22.6 Å². The molecule has 1 aliphatic carbocycles. The lowest BCUT2D eigenvalue weighted by molar-refractivity contribution is -0.118. The second-order valence-electron chi connectivity index (χ2n) is 10.5. The minimum atomic E-state index is -0.647. The van der Waals surface area contributed by atoms with Crippen molar-refractivity contribution in [3.63, 3.8) is 0 Å². The fourth-order valence-electron chi connectivity index (χ4n) is 5.14. The zero-order chi connectivity index (χ0) is 27.6. The molecule has 0 saturated carbocycles. The average molecular weight is 520 g/mol. The molecule has 0 fully saturated rings. The third kappa shape index (κ3) is 5.25. The number of ether oxygens (including phenoxy) is 1. The van der Waals surface area contributed by atoms with Crippen molar-refractivity contribution in [2.45, 2.75) is 39.2 Å². The third-order valence-corrected chi connectivity index (χ3v) is 7.00. The molecule has 0 saturated heterocycles. The van der Waals surface area contributed by atoms with E-state index in [1.807, 2.05) is 68.4 Å². The first kappa shape index (κ1) is 25.7. The average Bonchev–Trinajstić information content (AvgIpc) is 2.94. The van der Waals surface area contributed by atoms with Gasteiger partial charge in [-0.1, -0.05) is 56.3 Å². The van der Waals surface area contributed by atoms with Gasteiger partial charge in [-0.3, -0.25) is 20.0 Å². The molecule has 5 rings (SSSR count). The highest BCUT2D eigenvalue weighted by Gasteiger charge is 2.44. The topological polar surface area (TPSA) is 121 Å². The number of carbonyl (C=O) groups excluding carboxylic acids is 2. The molecule has 2 aromatic carbocycles. The lowest BCUT2D eigenvalue weighted by atomic mass is 9.69. The van der Waals surface area contributed by atoms with Crippen LogP contribution in [0.5, 0.6) is 5.75 Å². The second-order valence-corrected chi connectivity index (χ2v) is 10.5. The van der Waals surface area contributed by atoms with Gasteiger partial charge in [-0.05, 0) is 47.2 Å². The molecule has 1 atom stereocenters. The molecule has 1 unspecified atom stereocenters. The first-order valence-corrected chi connectivity index (χ1v) is 12.7. The van der Waals surface area contributed by atoms with E-state index in [4.69, 9.17) is 10.5 Å². The van der Waals surface area contributed by atoms with Gasteiger partial charge in [0.15, 0.2) is 5.78 Å². The van der Waals surface area contributed by atoms with Crippen molar-refractivity contribution in [1.82, 2.24) is 15.4 Å². The number of nitrogens with one attached hydrogen (secondary N) is 1. The summed E-state index contributed by atoms with van der Waals surface area (Å²) < 4.78 is 5.93. The van der Waals surface area contributed by atoms with Gasteiger partial charge in [-0.15, -0.1) is 0 Å². The molecule has 0 bridgehead atoms. The molecule has 2 aliphatic rings. The molecule has 196 valence electrons. The Labute approximate surface area is 227 Å². The van der Waals surface area contributed by atoms with Gasteiger partial charge < -0.3 is 10.5 Å². The second kappa shape index (κ2) is 10.5. The van der Waals surface area contributed by atoms with E-state index in [0.717, 1.165) is 11.1 Å². The Morgan fingerprint density at radius 2 is 1.79 bits per heavy atom. The summed E-state index contributed by atoms with van der Waals surface area (Å²) in [5.74, 6) is -0.368. The molecule has 1 aromatic heterocycles. The van der Waals surface area contributed by atoms with Crippen molar-refractivity contribution in [2.75, 3.05) is 0 Å². The number of carbonyl (C=O) groups is 2. The molecule has 39 heavy (non-hydrogen) atoms. The van der Waals surface area contributed by atoms with Crippen LogP contribution in [0.3, 0.4) is 0 Å². The van der Waals surface area contributed by atoms with Crippen LogP contribution >= 0.6 is 0 Å². The predicted octanol–water partition coefficient (Wildman–Crippen LogP) is 4.74. The maximum atomic E-state index is 13.6. The molecule has 0 spiro atoms. The van der Waals surface area contributed by atoms with Crippen molar-refractivity contribution >= 4 is 11.7 Å². The van der Waals surface area contributed by atoms with Crippen LogP contribution in [-0.4, -0.2) is 21.7 Å². The molecule has 1 amide bonds. The van der Waals surface area contributed by atoms with Gasteiger partial charge in [0.25, 0.3) is 5.91 Å². The number of Topliss-reactive ketones (excluding diaryl/α,β-unsaturated/α-hetero) is 1. The summed E-state index contributed by atoms with van der Waals surface area (Å²) in [6, 6.07) is 22.6.